The van der Waals surface area contributed by atoms with Gasteiger partial charge < -0.3 is 14.7 Å². The minimum Gasteiger partial charge on any atom is -0.497 e. The maximum absolute atomic E-state index is 13.8. The molecule has 0 unspecified atom stereocenters. The van der Waals surface area contributed by atoms with Gasteiger partial charge >= 0.3 is 0 Å². The number of aliphatic hydroxyl groups is 1. The molecule has 2 heterocycles. The molecule has 1 amide bonds. The van der Waals surface area contributed by atoms with Gasteiger partial charge in [0.2, 0.25) is 0 Å². The van der Waals surface area contributed by atoms with Gasteiger partial charge in [0.1, 0.15) is 5.75 Å². The molecular formula is C17H17FN2O3. The normalized spacial score (nSPS) is 20.6. The van der Waals surface area contributed by atoms with Crippen molar-refractivity contribution < 1.29 is 19.0 Å². The topological polar surface area (TPSA) is 62.7 Å². The Morgan fingerprint density at radius 1 is 1.43 bits per heavy atom. The largest absolute Gasteiger partial charge is 0.497 e. The molecule has 1 aromatic carbocycles. The van der Waals surface area contributed by atoms with Crippen LogP contribution in [0.3, 0.4) is 0 Å². The van der Waals surface area contributed by atoms with Crippen molar-refractivity contribution in [2.45, 2.75) is 18.6 Å². The molecule has 3 rings (SSSR count). The van der Waals surface area contributed by atoms with Crippen molar-refractivity contribution in [3.63, 3.8) is 0 Å². The van der Waals surface area contributed by atoms with E-state index in [0.717, 1.165) is 11.8 Å². The van der Waals surface area contributed by atoms with Crippen molar-refractivity contribution in [1.82, 2.24) is 9.88 Å². The number of carbonyl (C=O) groups excluding carboxylic acids is 1. The summed E-state index contributed by atoms with van der Waals surface area (Å²) in [7, 11) is 1.57. The fraction of sp³-hybridized carbons (Fsp3) is 0.294. The van der Waals surface area contributed by atoms with Crippen LogP contribution in [0, 0.1) is 5.82 Å². The Kier molecular flexibility index (Phi) is 4.25. The molecule has 5 nitrogen and oxygen atoms in total. The van der Waals surface area contributed by atoms with Crippen LogP contribution in [0.5, 0.6) is 5.75 Å². The number of aliphatic hydroxyl groups excluding tert-OH is 1. The van der Waals surface area contributed by atoms with E-state index in [1.165, 1.54) is 17.2 Å². The third-order valence-electron chi connectivity index (χ3n) is 4.02. The first-order chi connectivity index (χ1) is 11.1. The Morgan fingerprint density at radius 2 is 2.26 bits per heavy atom. The smallest absolute Gasteiger partial charge is 0.257 e. The molecule has 2 atom stereocenters. The van der Waals surface area contributed by atoms with E-state index in [-0.39, 0.29) is 18.2 Å². The number of hydrogen-bond donors (Lipinski definition) is 1. The van der Waals surface area contributed by atoms with Gasteiger partial charge in [-0.2, -0.15) is 0 Å². The second kappa shape index (κ2) is 6.34. The molecule has 23 heavy (non-hydrogen) atoms. The number of rotatable bonds is 3. The SMILES string of the molecule is COc1cccc([C@@H]2C[C@H](O)CN2C(=O)c2ccncc2F)c1. The number of likely N-dealkylation sites (tertiary alicyclic amines) is 1. The summed E-state index contributed by atoms with van der Waals surface area (Å²) in [5.74, 6) is -0.441. The van der Waals surface area contributed by atoms with Crippen LogP contribution in [0.1, 0.15) is 28.4 Å². The predicted molar refractivity (Wildman–Crippen MR) is 81.6 cm³/mol. The van der Waals surface area contributed by atoms with Crippen LogP contribution in [-0.4, -0.2) is 40.7 Å². The maximum Gasteiger partial charge on any atom is 0.257 e. The van der Waals surface area contributed by atoms with E-state index in [2.05, 4.69) is 4.98 Å². The molecule has 6 heteroatoms. The van der Waals surface area contributed by atoms with Gasteiger partial charge in [0, 0.05) is 12.7 Å². The summed E-state index contributed by atoms with van der Waals surface area (Å²) >= 11 is 0. The van der Waals surface area contributed by atoms with E-state index in [1.807, 2.05) is 24.3 Å². The van der Waals surface area contributed by atoms with Gasteiger partial charge in [-0.25, -0.2) is 4.39 Å². The summed E-state index contributed by atoms with van der Waals surface area (Å²) in [6, 6.07) is 8.36. The molecule has 0 saturated carbocycles. The molecule has 1 fully saturated rings. The van der Waals surface area contributed by atoms with Crippen LogP contribution >= 0.6 is 0 Å². The quantitative estimate of drug-likeness (QED) is 0.943. The number of amides is 1. The Hall–Kier alpha value is -2.47. The fourth-order valence-electron chi connectivity index (χ4n) is 2.91. The van der Waals surface area contributed by atoms with Gasteiger partial charge in [-0.3, -0.25) is 9.78 Å². The first kappa shape index (κ1) is 15.4. The molecule has 120 valence electrons. The lowest BCUT2D eigenvalue weighted by Gasteiger charge is -2.25. The Balaban J connectivity index is 1.93. The molecule has 1 saturated heterocycles. The minimum atomic E-state index is -0.664. The molecule has 0 spiro atoms. The standard InChI is InChI=1S/C17H17FN2O3/c1-23-13-4-2-3-11(7-13)16-8-12(21)10-20(16)17(22)14-5-6-19-9-15(14)18/h2-7,9,12,16,21H,8,10H2,1H3/t12-,16-/m0/s1. The number of nitrogens with zero attached hydrogens (tertiary/aromatic N) is 2. The number of aromatic nitrogens is 1. The van der Waals surface area contributed by atoms with Gasteiger partial charge in [0.05, 0.1) is 31.0 Å². The van der Waals surface area contributed by atoms with Crippen LogP contribution in [-0.2, 0) is 0 Å². The zero-order valence-corrected chi connectivity index (χ0v) is 12.6. The lowest BCUT2D eigenvalue weighted by Crippen LogP contribution is -2.32. The zero-order valence-electron chi connectivity index (χ0n) is 12.6. The van der Waals surface area contributed by atoms with Crippen molar-refractivity contribution in [3.05, 3.63) is 59.7 Å². The first-order valence-corrected chi connectivity index (χ1v) is 7.32. The van der Waals surface area contributed by atoms with Gasteiger partial charge in [-0.05, 0) is 30.2 Å². The Bertz CT molecular complexity index is 722. The van der Waals surface area contributed by atoms with Crippen molar-refractivity contribution >= 4 is 5.91 Å². The van der Waals surface area contributed by atoms with Gasteiger partial charge in [-0.1, -0.05) is 12.1 Å². The number of carbonyl (C=O) groups is 1. The van der Waals surface area contributed by atoms with Crippen LogP contribution in [0.2, 0.25) is 0 Å². The summed E-state index contributed by atoms with van der Waals surface area (Å²) in [6.07, 6.45) is 2.16. The summed E-state index contributed by atoms with van der Waals surface area (Å²) in [6.45, 7) is 0.169. The van der Waals surface area contributed by atoms with Gasteiger partial charge in [0.25, 0.3) is 5.91 Å². The lowest BCUT2D eigenvalue weighted by molar-refractivity contribution is 0.0710. The van der Waals surface area contributed by atoms with E-state index >= 15 is 0 Å². The molecule has 0 radical (unpaired) electrons. The number of hydrogen-bond acceptors (Lipinski definition) is 4. The molecule has 1 N–H and O–H groups in total. The van der Waals surface area contributed by atoms with E-state index in [9.17, 15) is 14.3 Å². The first-order valence-electron chi connectivity index (χ1n) is 7.32. The lowest BCUT2D eigenvalue weighted by atomic mass is 10.0. The van der Waals surface area contributed by atoms with E-state index in [0.29, 0.717) is 12.2 Å². The highest BCUT2D eigenvalue weighted by Crippen LogP contribution is 2.34. The van der Waals surface area contributed by atoms with Crippen LogP contribution in [0.25, 0.3) is 0 Å². The van der Waals surface area contributed by atoms with Crippen molar-refractivity contribution in [2.75, 3.05) is 13.7 Å². The van der Waals surface area contributed by atoms with Crippen LogP contribution in [0.4, 0.5) is 4.39 Å². The molecular weight excluding hydrogens is 299 g/mol. The molecule has 1 aliphatic rings. The summed E-state index contributed by atoms with van der Waals surface area (Å²) < 4.78 is 19.1. The van der Waals surface area contributed by atoms with Crippen LogP contribution < -0.4 is 4.74 Å². The van der Waals surface area contributed by atoms with Gasteiger partial charge in [0.15, 0.2) is 5.82 Å². The van der Waals surface area contributed by atoms with Crippen molar-refractivity contribution in [2.24, 2.45) is 0 Å². The monoisotopic (exact) mass is 316 g/mol. The molecule has 1 aromatic heterocycles. The van der Waals surface area contributed by atoms with E-state index in [4.69, 9.17) is 4.74 Å². The van der Waals surface area contributed by atoms with E-state index < -0.39 is 17.8 Å². The highest BCUT2D eigenvalue weighted by atomic mass is 19.1. The second-order valence-electron chi connectivity index (χ2n) is 5.49. The minimum absolute atomic E-state index is 0.0398. The number of ether oxygens (including phenoxy) is 1. The number of benzene rings is 1. The maximum atomic E-state index is 13.8. The summed E-state index contributed by atoms with van der Waals surface area (Å²) in [5.41, 5.74) is 0.811. The average molecular weight is 316 g/mol. The molecule has 0 aliphatic carbocycles. The number of methoxy groups -OCH3 is 1. The summed E-state index contributed by atoms with van der Waals surface area (Å²) in [5, 5.41) is 9.99. The number of β-amino-alcohol motifs (C(OH)–C–C–N with tert-alkyl or cyclic N) is 1. The highest BCUT2D eigenvalue weighted by molar-refractivity contribution is 5.94. The molecule has 2 aromatic rings. The number of halogens is 1. The molecule has 0 bridgehead atoms. The van der Waals surface area contributed by atoms with Gasteiger partial charge in [-0.15, -0.1) is 0 Å². The zero-order chi connectivity index (χ0) is 16.4. The fourth-order valence-corrected chi connectivity index (χ4v) is 2.91. The average Bonchev–Trinajstić information content (AvgIpc) is 2.96. The van der Waals surface area contributed by atoms with Crippen LogP contribution in [0.15, 0.2) is 42.7 Å². The third-order valence-corrected chi connectivity index (χ3v) is 4.02. The Labute approximate surface area is 133 Å². The second-order valence-corrected chi connectivity index (χ2v) is 5.49. The van der Waals surface area contributed by atoms with Crippen molar-refractivity contribution in [3.8, 4) is 5.75 Å². The van der Waals surface area contributed by atoms with E-state index in [1.54, 1.807) is 7.11 Å². The Morgan fingerprint density at radius 3 is 3.00 bits per heavy atom. The summed E-state index contributed by atoms with van der Waals surface area (Å²) in [4.78, 5) is 17.8. The molecule has 1 aliphatic heterocycles. The third kappa shape index (κ3) is 3.03. The highest BCUT2D eigenvalue weighted by Gasteiger charge is 2.36. The predicted octanol–water partition coefficient (Wildman–Crippen LogP) is 2.18. The van der Waals surface area contributed by atoms with Crippen molar-refractivity contribution in [1.29, 1.82) is 0 Å². The number of pyridine rings is 1.